The van der Waals surface area contributed by atoms with Crippen LogP contribution in [0.5, 0.6) is 0 Å². The van der Waals surface area contributed by atoms with Gasteiger partial charge in [0.1, 0.15) is 0 Å². The maximum absolute atomic E-state index is 12.7. The van der Waals surface area contributed by atoms with Crippen molar-refractivity contribution >= 4 is 18.3 Å². The lowest BCUT2D eigenvalue weighted by atomic mass is 9.74. The molecule has 3 rings (SSSR count). The van der Waals surface area contributed by atoms with Gasteiger partial charge in [-0.2, -0.15) is 5.10 Å². The normalized spacial score (nSPS) is 22.3. The molecule has 0 spiro atoms. The Morgan fingerprint density at radius 3 is 2.67 bits per heavy atom. The van der Waals surface area contributed by atoms with Crippen molar-refractivity contribution in [1.82, 2.24) is 15.1 Å². The second kappa shape index (κ2) is 8.89. The topological polar surface area (TPSA) is 72.9 Å². The third-order valence-corrected chi connectivity index (χ3v) is 5.41. The number of hydrogen-bond donors (Lipinski definition) is 2. The number of hydrogen-bond acceptors (Lipinski definition) is 3. The molecule has 0 bridgehead atoms. The van der Waals surface area contributed by atoms with E-state index in [9.17, 15) is 4.79 Å². The van der Waals surface area contributed by atoms with Crippen LogP contribution in [0.1, 0.15) is 63.6 Å². The Kier molecular flexibility index (Phi) is 7.06. The summed E-state index contributed by atoms with van der Waals surface area (Å²) < 4.78 is 1.89. The number of para-hydroxylation sites is 1. The first-order chi connectivity index (χ1) is 12.4. The molecule has 148 valence electrons. The van der Waals surface area contributed by atoms with Gasteiger partial charge in [0.15, 0.2) is 0 Å². The maximum atomic E-state index is 12.7. The molecule has 2 atom stereocenters. The second-order valence-corrected chi connectivity index (χ2v) is 8.00. The van der Waals surface area contributed by atoms with Crippen LogP contribution in [-0.2, 0) is 11.3 Å². The number of aromatic nitrogens is 2. The number of carbonyl (C=O) groups is 1. The van der Waals surface area contributed by atoms with Crippen molar-refractivity contribution in [3.05, 3.63) is 47.8 Å². The van der Waals surface area contributed by atoms with Crippen LogP contribution in [-0.4, -0.2) is 21.2 Å². The van der Waals surface area contributed by atoms with Crippen LogP contribution >= 0.6 is 12.4 Å². The van der Waals surface area contributed by atoms with Gasteiger partial charge < -0.3 is 11.1 Å². The van der Waals surface area contributed by atoms with Crippen LogP contribution in [0.25, 0.3) is 5.69 Å². The summed E-state index contributed by atoms with van der Waals surface area (Å²) in [4.78, 5) is 12.7. The summed E-state index contributed by atoms with van der Waals surface area (Å²) >= 11 is 0. The fourth-order valence-corrected chi connectivity index (χ4v) is 3.85. The Hall–Kier alpha value is -1.85. The first-order valence-electron chi connectivity index (χ1n) is 9.59. The summed E-state index contributed by atoms with van der Waals surface area (Å²) in [6.07, 6.45) is 5.99. The third-order valence-electron chi connectivity index (χ3n) is 5.41. The highest BCUT2D eigenvalue weighted by atomic mass is 35.5. The van der Waals surface area contributed by atoms with E-state index in [-0.39, 0.29) is 24.2 Å². The molecule has 1 aliphatic carbocycles. The molecule has 0 aliphatic heterocycles. The van der Waals surface area contributed by atoms with Crippen LogP contribution in [0.4, 0.5) is 0 Å². The highest BCUT2D eigenvalue weighted by Gasteiger charge is 2.37. The van der Waals surface area contributed by atoms with Gasteiger partial charge in [0.25, 0.3) is 0 Å². The molecular weight excluding hydrogens is 360 g/mol. The molecule has 27 heavy (non-hydrogen) atoms. The van der Waals surface area contributed by atoms with E-state index in [2.05, 4.69) is 19.2 Å². The zero-order chi connectivity index (χ0) is 18.7. The smallest absolute Gasteiger partial charge is 0.225 e. The monoisotopic (exact) mass is 390 g/mol. The summed E-state index contributed by atoms with van der Waals surface area (Å²) in [5.41, 5.74) is 9.07. The summed E-state index contributed by atoms with van der Waals surface area (Å²) in [7, 11) is 0. The molecule has 1 heterocycles. The number of nitrogens with zero attached hydrogens (tertiary/aromatic N) is 2. The van der Waals surface area contributed by atoms with Crippen molar-refractivity contribution in [3.63, 3.8) is 0 Å². The Bertz CT molecular complexity index is 755. The van der Waals surface area contributed by atoms with Crippen LogP contribution in [0.15, 0.2) is 36.5 Å². The van der Waals surface area contributed by atoms with E-state index in [0.717, 1.165) is 42.6 Å². The molecule has 0 saturated heterocycles. The summed E-state index contributed by atoms with van der Waals surface area (Å²) in [5, 5.41) is 7.85. The van der Waals surface area contributed by atoms with Crippen LogP contribution in [0, 0.1) is 5.92 Å². The maximum Gasteiger partial charge on any atom is 0.225 e. The number of carbonyl (C=O) groups excluding carboxylic acids is 1. The Morgan fingerprint density at radius 1 is 1.33 bits per heavy atom. The number of rotatable bonds is 5. The molecule has 3 N–H and O–H groups in total. The van der Waals surface area contributed by atoms with E-state index in [4.69, 9.17) is 10.8 Å². The van der Waals surface area contributed by atoms with Gasteiger partial charge in [0.2, 0.25) is 5.91 Å². The fourth-order valence-electron chi connectivity index (χ4n) is 3.85. The summed E-state index contributed by atoms with van der Waals surface area (Å²) in [5.74, 6) is 0.251. The summed E-state index contributed by atoms with van der Waals surface area (Å²) in [6, 6.07) is 10.0. The van der Waals surface area contributed by atoms with Crippen molar-refractivity contribution in [2.45, 2.75) is 64.5 Å². The molecule has 1 amide bonds. The van der Waals surface area contributed by atoms with Crippen LogP contribution in [0.2, 0.25) is 0 Å². The Morgan fingerprint density at radius 2 is 2.04 bits per heavy atom. The lowest BCUT2D eigenvalue weighted by Crippen LogP contribution is -2.52. The number of halogens is 1. The van der Waals surface area contributed by atoms with Crippen molar-refractivity contribution in [2.75, 3.05) is 0 Å². The highest BCUT2D eigenvalue weighted by Crippen LogP contribution is 2.31. The zero-order valence-electron chi connectivity index (χ0n) is 16.4. The largest absolute Gasteiger partial charge is 0.352 e. The standard InChI is InChI=1S/C21H30N4O.ClH/c1-15(2)19-16(14-25(24-19)17-9-5-4-6-10-17)13-23-20(26)18-11-7-8-12-21(18,3)22;/h4-6,9-10,14-15,18H,7-8,11-13,22H2,1-3H3,(H,23,26);1H. The van der Waals surface area contributed by atoms with E-state index >= 15 is 0 Å². The van der Waals surface area contributed by atoms with Crippen LogP contribution in [0.3, 0.4) is 0 Å². The Balaban J connectivity index is 0.00000261. The predicted octanol–water partition coefficient (Wildman–Crippen LogP) is 3.94. The molecule has 6 heteroatoms. The van der Waals surface area contributed by atoms with E-state index in [1.807, 2.05) is 48.1 Å². The zero-order valence-corrected chi connectivity index (χ0v) is 17.3. The SMILES string of the molecule is CC(C)c1nn(-c2ccccc2)cc1CNC(=O)C1CCCCC1(C)N.Cl. The molecule has 5 nitrogen and oxygen atoms in total. The molecule has 2 unspecified atom stereocenters. The minimum Gasteiger partial charge on any atom is -0.352 e. The van der Waals surface area contributed by atoms with Crippen molar-refractivity contribution < 1.29 is 4.79 Å². The fraction of sp³-hybridized carbons (Fsp3) is 0.524. The van der Waals surface area contributed by atoms with E-state index in [1.54, 1.807) is 0 Å². The molecule has 1 fully saturated rings. The second-order valence-electron chi connectivity index (χ2n) is 8.00. The number of amides is 1. The summed E-state index contributed by atoms with van der Waals surface area (Å²) in [6.45, 7) is 6.75. The lowest BCUT2D eigenvalue weighted by molar-refractivity contribution is -0.128. The van der Waals surface area contributed by atoms with Gasteiger partial charge in [-0.15, -0.1) is 12.4 Å². The van der Waals surface area contributed by atoms with Gasteiger partial charge >= 0.3 is 0 Å². The van der Waals surface area contributed by atoms with Gasteiger partial charge in [-0.05, 0) is 37.8 Å². The lowest BCUT2D eigenvalue weighted by Gasteiger charge is -2.37. The van der Waals surface area contributed by atoms with Gasteiger partial charge in [-0.25, -0.2) is 4.68 Å². The molecule has 1 saturated carbocycles. The average Bonchev–Trinajstić information content (AvgIpc) is 3.04. The first-order valence-corrected chi connectivity index (χ1v) is 9.59. The van der Waals surface area contributed by atoms with Crippen molar-refractivity contribution in [2.24, 2.45) is 11.7 Å². The molecule has 2 aromatic rings. The highest BCUT2D eigenvalue weighted by molar-refractivity contribution is 5.85. The molecule has 1 aromatic carbocycles. The molecule has 0 radical (unpaired) electrons. The van der Waals surface area contributed by atoms with E-state index in [0.29, 0.717) is 12.5 Å². The molecule has 1 aromatic heterocycles. The number of nitrogens with one attached hydrogen (secondary N) is 1. The van der Waals surface area contributed by atoms with Gasteiger partial charge in [0, 0.05) is 23.8 Å². The first kappa shape index (κ1) is 21.5. The number of benzene rings is 1. The minimum atomic E-state index is -0.405. The van der Waals surface area contributed by atoms with Crippen molar-refractivity contribution in [1.29, 1.82) is 0 Å². The quantitative estimate of drug-likeness (QED) is 0.811. The van der Waals surface area contributed by atoms with Gasteiger partial charge in [0.05, 0.1) is 17.3 Å². The Labute approximate surface area is 168 Å². The van der Waals surface area contributed by atoms with Crippen molar-refractivity contribution in [3.8, 4) is 5.69 Å². The van der Waals surface area contributed by atoms with Crippen LogP contribution < -0.4 is 11.1 Å². The predicted molar refractivity (Wildman–Crippen MR) is 111 cm³/mol. The molecular formula is C21H31ClN4O. The minimum absolute atomic E-state index is 0. The molecule has 1 aliphatic rings. The van der Waals surface area contributed by atoms with Gasteiger partial charge in [-0.1, -0.05) is 44.9 Å². The average molecular weight is 391 g/mol. The van der Waals surface area contributed by atoms with E-state index in [1.165, 1.54) is 0 Å². The van der Waals surface area contributed by atoms with E-state index < -0.39 is 5.54 Å². The van der Waals surface area contributed by atoms with Gasteiger partial charge in [-0.3, -0.25) is 4.79 Å². The third kappa shape index (κ3) is 4.90. The number of nitrogens with two attached hydrogens (primary N) is 1.